The molecular formula is C14H29N3O. The van der Waals surface area contributed by atoms with Crippen LogP contribution in [0.4, 0.5) is 0 Å². The molecule has 0 radical (unpaired) electrons. The van der Waals surface area contributed by atoms with E-state index in [4.69, 9.17) is 0 Å². The summed E-state index contributed by atoms with van der Waals surface area (Å²) in [6.07, 6.45) is 5.41. The van der Waals surface area contributed by atoms with Crippen LogP contribution in [-0.4, -0.2) is 51.1 Å². The van der Waals surface area contributed by atoms with Gasteiger partial charge in [0.15, 0.2) is 0 Å². The first-order valence-electron chi connectivity index (χ1n) is 7.20. The molecule has 0 aromatic heterocycles. The lowest BCUT2D eigenvalue weighted by molar-refractivity contribution is -0.122. The Labute approximate surface area is 111 Å². The van der Waals surface area contributed by atoms with E-state index in [0.29, 0.717) is 11.8 Å². The molecule has 1 aliphatic rings. The molecule has 4 heteroatoms. The topological polar surface area (TPSA) is 44.4 Å². The molecule has 1 amide bonds. The maximum atomic E-state index is 11.8. The summed E-state index contributed by atoms with van der Waals surface area (Å²) >= 11 is 0. The zero-order chi connectivity index (χ0) is 13.4. The minimum atomic E-state index is 0.192. The molecule has 1 rings (SSSR count). The quantitative estimate of drug-likeness (QED) is 0.719. The second-order valence-corrected chi connectivity index (χ2v) is 5.83. The number of amides is 1. The maximum absolute atomic E-state index is 11.8. The van der Waals surface area contributed by atoms with E-state index in [1.165, 1.54) is 25.7 Å². The van der Waals surface area contributed by atoms with Crippen molar-refractivity contribution >= 4 is 5.91 Å². The van der Waals surface area contributed by atoms with E-state index in [1.54, 1.807) is 0 Å². The molecule has 0 aromatic carbocycles. The Hall–Kier alpha value is -0.610. The highest BCUT2D eigenvalue weighted by Gasteiger charge is 2.31. The van der Waals surface area contributed by atoms with Crippen LogP contribution in [0.25, 0.3) is 0 Å². The van der Waals surface area contributed by atoms with Crippen molar-refractivity contribution in [1.29, 1.82) is 0 Å². The van der Waals surface area contributed by atoms with Crippen LogP contribution in [0.1, 0.15) is 39.0 Å². The van der Waals surface area contributed by atoms with Crippen LogP contribution in [0.2, 0.25) is 0 Å². The maximum Gasteiger partial charge on any atom is 0.221 e. The minimum absolute atomic E-state index is 0.192. The van der Waals surface area contributed by atoms with E-state index >= 15 is 0 Å². The lowest BCUT2D eigenvalue weighted by Gasteiger charge is -2.37. The molecule has 0 unspecified atom stereocenters. The van der Waals surface area contributed by atoms with Gasteiger partial charge in [-0.25, -0.2) is 0 Å². The summed E-state index contributed by atoms with van der Waals surface area (Å²) in [5.41, 5.74) is 0.341. The lowest BCUT2D eigenvalue weighted by Crippen LogP contribution is -2.45. The van der Waals surface area contributed by atoms with Crippen molar-refractivity contribution in [1.82, 2.24) is 15.5 Å². The number of hydrogen-bond acceptors (Lipinski definition) is 3. The van der Waals surface area contributed by atoms with Crippen LogP contribution >= 0.6 is 0 Å². The van der Waals surface area contributed by atoms with Crippen LogP contribution in [0.5, 0.6) is 0 Å². The Bertz CT molecular complexity index is 242. The SMILES string of the molecule is CCCC1(CNC(=O)CCN(C)C)CCNCC1. The standard InChI is InChI=1S/C14H29N3O/c1-4-6-14(7-9-15-10-8-14)12-16-13(18)5-11-17(2)3/h15H,4-12H2,1-3H3,(H,16,18). The van der Waals surface area contributed by atoms with Crippen molar-refractivity contribution in [3.63, 3.8) is 0 Å². The smallest absolute Gasteiger partial charge is 0.221 e. The summed E-state index contributed by atoms with van der Waals surface area (Å²) in [4.78, 5) is 13.8. The predicted octanol–water partition coefficient (Wildman–Crippen LogP) is 1.22. The monoisotopic (exact) mass is 255 g/mol. The average Bonchev–Trinajstić information content (AvgIpc) is 2.35. The van der Waals surface area contributed by atoms with Crippen molar-refractivity contribution in [2.24, 2.45) is 5.41 Å². The fraction of sp³-hybridized carbons (Fsp3) is 0.929. The van der Waals surface area contributed by atoms with Crippen molar-refractivity contribution < 1.29 is 4.79 Å². The van der Waals surface area contributed by atoms with E-state index in [-0.39, 0.29) is 5.91 Å². The van der Waals surface area contributed by atoms with Crippen LogP contribution < -0.4 is 10.6 Å². The van der Waals surface area contributed by atoms with Crippen molar-refractivity contribution in [3.8, 4) is 0 Å². The van der Waals surface area contributed by atoms with Crippen LogP contribution in [0.3, 0.4) is 0 Å². The van der Waals surface area contributed by atoms with Gasteiger partial charge >= 0.3 is 0 Å². The molecule has 0 aliphatic carbocycles. The number of carbonyl (C=O) groups is 1. The molecule has 0 bridgehead atoms. The Morgan fingerprint density at radius 3 is 2.56 bits per heavy atom. The summed E-state index contributed by atoms with van der Waals surface area (Å²) in [5, 5.41) is 6.55. The molecule has 1 aliphatic heterocycles. The minimum Gasteiger partial charge on any atom is -0.356 e. The molecule has 0 aromatic rings. The van der Waals surface area contributed by atoms with Gasteiger partial charge in [0.2, 0.25) is 5.91 Å². The zero-order valence-electron chi connectivity index (χ0n) is 12.2. The predicted molar refractivity (Wildman–Crippen MR) is 75.6 cm³/mol. The van der Waals surface area contributed by atoms with E-state index in [1.807, 2.05) is 19.0 Å². The fourth-order valence-corrected chi connectivity index (χ4v) is 2.70. The highest BCUT2D eigenvalue weighted by molar-refractivity contribution is 5.76. The fourth-order valence-electron chi connectivity index (χ4n) is 2.70. The number of nitrogens with zero attached hydrogens (tertiary/aromatic N) is 1. The van der Waals surface area contributed by atoms with Gasteiger partial charge in [-0.05, 0) is 51.9 Å². The van der Waals surface area contributed by atoms with Gasteiger partial charge in [0.1, 0.15) is 0 Å². The molecule has 0 saturated carbocycles. The second-order valence-electron chi connectivity index (χ2n) is 5.83. The van der Waals surface area contributed by atoms with Gasteiger partial charge in [-0.2, -0.15) is 0 Å². The molecule has 106 valence electrons. The molecule has 18 heavy (non-hydrogen) atoms. The first-order valence-corrected chi connectivity index (χ1v) is 7.20. The Morgan fingerprint density at radius 1 is 1.33 bits per heavy atom. The summed E-state index contributed by atoms with van der Waals surface area (Å²) in [6, 6.07) is 0. The van der Waals surface area contributed by atoms with Gasteiger partial charge in [-0.1, -0.05) is 13.3 Å². The third-order valence-electron chi connectivity index (χ3n) is 3.89. The number of piperidine rings is 1. The second kappa shape index (κ2) is 7.74. The Morgan fingerprint density at radius 2 is 2.00 bits per heavy atom. The number of carbonyl (C=O) groups excluding carboxylic acids is 1. The molecule has 0 spiro atoms. The molecule has 1 heterocycles. The van der Waals surface area contributed by atoms with Crippen molar-refractivity contribution in [3.05, 3.63) is 0 Å². The molecule has 4 nitrogen and oxygen atoms in total. The number of hydrogen-bond donors (Lipinski definition) is 2. The normalized spacial score (nSPS) is 18.9. The van der Waals surface area contributed by atoms with Gasteiger partial charge in [0, 0.05) is 19.5 Å². The van der Waals surface area contributed by atoms with Gasteiger partial charge < -0.3 is 15.5 Å². The largest absolute Gasteiger partial charge is 0.356 e. The van der Waals surface area contributed by atoms with Gasteiger partial charge in [0.05, 0.1) is 0 Å². The summed E-state index contributed by atoms with van der Waals surface area (Å²) in [6.45, 7) is 6.10. The lowest BCUT2D eigenvalue weighted by atomic mass is 9.75. The molecule has 1 saturated heterocycles. The third-order valence-corrected chi connectivity index (χ3v) is 3.89. The number of rotatable bonds is 7. The summed E-state index contributed by atoms with van der Waals surface area (Å²) in [7, 11) is 4.00. The van der Waals surface area contributed by atoms with E-state index in [9.17, 15) is 4.79 Å². The molecule has 2 N–H and O–H groups in total. The third kappa shape index (κ3) is 5.36. The first kappa shape index (κ1) is 15.4. The Balaban J connectivity index is 2.34. The van der Waals surface area contributed by atoms with Crippen molar-refractivity contribution in [2.75, 3.05) is 40.3 Å². The zero-order valence-corrected chi connectivity index (χ0v) is 12.2. The van der Waals surface area contributed by atoms with Crippen LogP contribution in [-0.2, 0) is 4.79 Å². The van der Waals surface area contributed by atoms with Gasteiger partial charge in [-0.3, -0.25) is 4.79 Å². The van der Waals surface area contributed by atoms with E-state index in [2.05, 4.69) is 17.6 Å². The van der Waals surface area contributed by atoms with Crippen molar-refractivity contribution in [2.45, 2.75) is 39.0 Å². The van der Waals surface area contributed by atoms with Crippen LogP contribution in [0.15, 0.2) is 0 Å². The molecular weight excluding hydrogens is 226 g/mol. The summed E-state index contributed by atoms with van der Waals surface area (Å²) in [5.74, 6) is 0.192. The van der Waals surface area contributed by atoms with E-state index < -0.39 is 0 Å². The summed E-state index contributed by atoms with van der Waals surface area (Å²) < 4.78 is 0. The van der Waals surface area contributed by atoms with Gasteiger partial charge in [0.25, 0.3) is 0 Å². The van der Waals surface area contributed by atoms with Crippen LogP contribution in [0, 0.1) is 5.41 Å². The van der Waals surface area contributed by atoms with Gasteiger partial charge in [-0.15, -0.1) is 0 Å². The highest BCUT2D eigenvalue weighted by Crippen LogP contribution is 2.33. The highest BCUT2D eigenvalue weighted by atomic mass is 16.1. The van der Waals surface area contributed by atoms with E-state index in [0.717, 1.165) is 26.2 Å². The first-order chi connectivity index (χ1) is 8.58. The molecule has 0 atom stereocenters. The average molecular weight is 255 g/mol. The molecule has 1 fully saturated rings. The number of nitrogens with one attached hydrogen (secondary N) is 2. The Kier molecular flexibility index (Phi) is 6.65.